The quantitative estimate of drug-likeness (QED) is 0.905. The van der Waals surface area contributed by atoms with Crippen molar-refractivity contribution in [3.05, 3.63) is 47.5 Å². The number of carbonyl (C=O) groups is 1. The van der Waals surface area contributed by atoms with Gasteiger partial charge in [-0.25, -0.2) is 9.07 Å². The van der Waals surface area contributed by atoms with Gasteiger partial charge in [-0.05, 0) is 50.6 Å². The highest BCUT2D eigenvalue weighted by Gasteiger charge is 2.26. The highest BCUT2D eigenvalue weighted by atomic mass is 35.5. The van der Waals surface area contributed by atoms with E-state index in [1.807, 2.05) is 18.9 Å². The Bertz CT molecular complexity index is 708. The van der Waals surface area contributed by atoms with Crippen LogP contribution in [-0.2, 0) is 6.42 Å². The SMILES string of the molecule is CCc1c(C(=O)N2CCC(NC)CC2)cnn1-c1ccc(F)cc1.Cl. The fourth-order valence-electron chi connectivity index (χ4n) is 3.24. The molecule has 136 valence electrons. The van der Waals surface area contributed by atoms with Crippen molar-refractivity contribution in [2.75, 3.05) is 20.1 Å². The van der Waals surface area contributed by atoms with Crippen molar-refractivity contribution < 1.29 is 9.18 Å². The molecule has 2 heterocycles. The summed E-state index contributed by atoms with van der Waals surface area (Å²) in [6.07, 6.45) is 4.26. The number of amides is 1. The Kier molecular flexibility index (Phi) is 6.56. The van der Waals surface area contributed by atoms with E-state index in [9.17, 15) is 9.18 Å². The van der Waals surface area contributed by atoms with Gasteiger partial charge in [0.15, 0.2) is 0 Å². The third kappa shape index (κ3) is 4.02. The first-order chi connectivity index (χ1) is 11.6. The Hall–Kier alpha value is -1.92. The van der Waals surface area contributed by atoms with E-state index in [-0.39, 0.29) is 24.1 Å². The largest absolute Gasteiger partial charge is 0.338 e. The average Bonchev–Trinajstić information content (AvgIpc) is 3.05. The smallest absolute Gasteiger partial charge is 0.257 e. The lowest BCUT2D eigenvalue weighted by atomic mass is 10.0. The summed E-state index contributed by atoms with van der Waals surface area (Å²) in [6, 6.07) is 6.64. The van der Waals surface area contributed by atoms with Crippen LogP contribution in [-0.4, -0.2) is 46.8 Å². The van der Waals surface area contributed by atoms with Crippen LogP contribution in [0.4, 0.5) is 4.39 Å². The van der Waals surface area contributed by atoms with Gasteiger partial charge in [-0.1, -0.05) is 6.92 Å². The Morgan fingerprint density at radius 1 is 1.28 bits per heavy atom. The van der Waals surface area contributed by atoms with Gasteiger partial charge in [-0.3, -0.25) is 4.79 Å². The summed E-state index contributed by atoms with van der Waals surface area (Å²) in [5, 5.41) is 7.64. The maximum atomic E-state index is 13.1. The highest BCUT2D eigenvalue weighted by Crippen LogP contribution is 2.20. The molecular formula is C18H24ClFN4O. The predicted octanol–water partition coefficient (Wildman–Crippen LogP) is 2.82. The summed E-state index contributed by atoms with van der Waals surface area (Å²) in [4.78, 5) is 14.8. The van der Waals surface area contributed by atoms with Crippen molar-refractivity contribution >= 4 is 18.3 Å². The monoisotopic (exact) mass is 366 g/mol. The van der Waals surface area contributed by atoms with Gasteiger partial charge in [0.05, 0.1) is 23.1 Å². The zero-order chi connectivity index (χ0) is 17.1. The molecule has 1 aliphatic heterocycles. The van der Waals surface area contributed by atoms with Crippen molar-refractivity contribution in [2.45, 2.75) is 32.2 Å². The van der Waals surface area contributed by atoms with Crippen LogP contribution in [0.15, 0.2) is 30.5 Å². The van der Waals surface area contributed by atoms with Gasteiger partial charge in [0.25, 0.3) is 5.91 Å². The van der Waals surface area contributed by atoms with Crippen LogP contribution in [0.25, 0.3) is 5.69 Å². The minimum absolute atomic E-state index is 0. The standard InChI is InChI=1S/C18H23FN4O.ClH/c1-3-17-16(18(24)22-10-8-14(20-2)9-11-22)12-21-23(17)15-6-4-13(19)5-7-15;/h4-7,12,14,20H,3,8-11H2,1-2H3;1H. The molecule has 3 rings (SSSR count). The van der Waals surface area contributed by atoms with Crippen LogP contribution in [0.1, 0.15) is 35.8 Å². The fourth-order valence-corrected chi connectivity index (χ4v) is 3.24. The number of likely N-dealkylation sites (tertiary alicyclic amines) is 1. The molecule has 1 amide bonds. The average molecular weight is 367 g/mol. The van der Waals surface area contributed by atoms with E-state index in [0.717, 1.165) is 37.3 Å². The van der Waals surface area contributed by atoms with Gasteiger partial charge in [-0.15, -0.1) is 12.4 Å². The van der Waals surface area contributed by atoms with Crippen molar-refractivity contribution in [2.24, 2.45) is 0 Å². The number of nitrogens with zero attached hydrogens (tertiary/aromatic N) is 3. The second-order valence-electron chi connectivity index (χ2n) is 6.10. The lowest BCUT2D eigenvalue weighted by Gasteiger charge is -2.31. The molecule has 0 radical (unpaired) electrons. The van der Waals surface area contributed by atoms with E-state index in [4.69, 9.17) is 0 Å². The molecule has 0 atom stereocenters. The van der Waals surface area contributed by atoms with Crippen molar-refractivity contribution in [3.63, 3.8) is 0 Å². The molecule has 1 aromatic heterocycles. The first-order valence-electron chi connectivity index (χ1n) is 8.43. The molecule has 1 fully saturated rings. The first kappa shape index (κ1) is 19.4. The van der Waals surface area contributed by atoms with Crippen LogP contribution in [0.5, 0.6) is 0 Å². The predicted molar refractivity (Wildman–Crippen MR) is 98.1 cm³/mol. The molecule has 0 spiro atoms. The van der Waals surface area contributed by atoms with Crippen molar-refractivity contribution in [3.8, 4) is 5.69 Å². The number of rotatable bonds is 4. The molecule has 7 heteroatoms. The van der Waals surface area contributed by atoms with Crippen molar-refractivity contribution in [1.82, 2.24) is 20.0 Å². The van der Waals surface area contributed by atoms with E-state index >= 15 is 0 Å². The summed E-state index contributed by atoms with van der Waals surface area (Å²) in [7, 11) is 1.96. The normalized spacial score (nSPS) is 15.1. The minimum atomic E-state index is -0.285. The van der Waals surface area contributed by atoms with E-state index in [1.54, 1.807) is 23.0 Å². The van der Waals surface area contributed by atoms with E-state index in [1.165, 1.54) is 12.1 Å². The van der Waals surface area contributed by atoms with Crippen LogP contribution in [0.2, 0.25) is 0 Å². The Balaban J connectivity index is 0.00000225. The lowest BCUT2D eigenvalue weighted by Crippen LogP contribution is -2.44. The van der Waals surface area contributed by atoms with Crippen LogP contribution >= 0.6 is 12.4 Å². The lowest BCUT2D eigenvalue weighted by molar-refractivity contribution is 0.0706. The highest BCUT2D eigenvalue weighted by molar-refractivity contribution is 5.95. The van der Waals surface area contributed by atoms with Crippen molar-refractivity contribution in [1.29, 1.82) is 0 Å². The molecule has 0 unspecified atom stereocenters. The number of aromatic nitrogens is 2. The molecule has 5 nitrogen and oxygen atoms in total. The topological polar surface area (TPSA) is 50.2 Å². The summed E-state index contributed by atoms with van der Waals surface area (Å²) in [5.41, 5.74) is 2.27. The Morgan fingerprint density at radius 2 is 1.92 bits per heavy atom. The summed E-state index contributed by atoms with van der Waals surface area (Å²) in [5.74, 6) is -0.248. The third-order valence-corrected chi connectivity index (χ3v) is 4.70. The molecule has 1 aliphatic rings. The molecule has 0 bridgehead atoms. The van der Waals surface area contributed by atoms with Gasteiger partial charge < -0.3 is 10.2 Å². The molecule has 1 N–H and O–H groups in total. The van der Waals surface area contributed by atoms with Gasteiger partial charge in [0.1, 0.15) is 5.82 Å². The van der Waals surface area contributed by atoms with Gasteiger partial charge in [0, 0.05) is 19.1 Å². The van der Waals surface area contributed by atoms with Gasteiger partial charge in [0.2, 0.25) is 0 Å². The molecule has 25 heavy (non-hydrogen) atoms. The first-order valence-corrected chi connectivity index (χ1v) is 8.43. The molecule has 1 aromatic carbocycles. The van der Waals surface area contributed by atoms with Crippen LogP contribution in [0.3, 0.4) is 0 Å². The second kappa shape index (κ2) is 8.45. The molecule has 2 aromatic rings. The molecular weight excluding hydrogens is 343 g/mol. The number of piperidine rings is 1. The molecule has 0 saturated carbocycles. The Labute approximate surface area is 153 Å². The number of halogens is 2. The maximum absolute atomic E-state index is 13.1. The summed E-state index contributed by atoms with van der Waals surface area (Å²) < 4.78 is 14.9. The fraction of sp³-hybridized carbons (Fsp3) is 0.444. The molecule has 1 saturated heterocycles. The van der Waals surface area contributed by atoms with E-state index < -0.39 is 0 Å². The number of hydrogen-bond donors (Lipinski definition) is 1. The maximum Gasteiger partial charge on any atom is 0.257 e. The summed E-state index contributed by atoms with van der Waals surface area (Å²) >= 11 is 0. The summed E-state index contributed by atoms with van der Waals surface area (Å²) in [6.45, 7) is 3.52. The number of nitrogens with one attached hydrogen (secondary N) is 1. The minimum Gasteiger partial charge on any atom is -0.338 e. The van der Waals surface area contributed by atoms with E-state index in [0.29, 0.717) is 18.0 Å². The zero-order valence-electron chi connectivity index (χ0n) is 14.5. The van der Waals surface area contributed by atoms with Crippen LogP contribution < -0.4 is 5.32 Å². The second-order valence-corrected chi connectivity index (χ2v) is 6.10. The number of benzene rings is 1. The number of carbonyl (C=O) groups excluding carboxylic acids is 1. The Morgan fingerprint density at radius 3 is 2.48 bits per heavy atom. The third-order valence-electron chi connectivity index (χ3n) is 4.70. The molecule has 0 aliphatic carbocycles. The van der Waals surface area contributed by atoms with Gasteiger partial charge in [-0.2, -0.15) is 5.10 Å². The number of hydrogen-bond acceptors (Lipinski definition) is 3. The zero-order valence-corrected chi connectivity index (χ0v) is 15.4. The van der Waals surface area contributed by atoms with Crippen LogP contribution in [0, 0.1) is 5.82 Å². The van der Waals surface area contributed by atoms with Gasteiger partial charge >= 0.3 is 0 Å². The van der Waals surface area contributed by atoms with E-state index in [2.05, 4.69) is 10.4 Å².